The van der Waals surface area contributed by atoms with Crippen LogP contribution in [0, 0.1) is 0 Å². The molecule has 1 aliphatic carbocycles. The summed E-state index contributed by atoms with van der Waals surface area (Å²) in [5, 5.41) is 0. The Hall–Kier alpha value is -6.61. The lowest BCUT2D eigenvalue weighted by Crippen LogP contribution is -2.07. The predicted octanol–water partition coefficient (Wildman–Crippen LogP) is 9.76. The van der Waals surface area contributed by atoms with Gasteiger partial charge in [0.2, 0.25) is 0 Å². The number of ether oxygens (including phenoxy) is 8. The minimum Gasteiger partial charge on any atom is -0.497 e. The Kier molecular flexibility index (Phi) is 11.9. The molecule has 0 heterocycles. The van der Waals surface area contributed by atoms with Crippen molar-refractivity contribution in [2.75, 3.05) is 28.4 Å². The molecule has 6 aromatic rings. The third-order valence-electron chi connectivity index (χ3n) is 9.77. The highest BCUT2D eigenvalue weighted by Gasteiger charge is 2.38. The molecule has 0 bridgehead atoms. The normalized spacial score (nSPS) is 13.1. The van der Waals surface area contributed by atoms with Crippen LogP contribution in [-0.2, 0) is 26.4 Å². The molecular weight excluding hydrogens is 709 g/mol. The molecule has 0 saturated heterocycles. The van der Waals surface area contributed by atoms with E-state index in [0.717, 1.165) is 56.4 Å². The molecular formula is C47H44O9. The van der Waals surface area contributed by atoms with E-state index in [4.69, 9.17) is 37.9 Å². The first-order chi connectivity index (χ1) is 27.4. The molecule has 9 nitrogen and oxygen atoms in total. The smallest absolute Gasteiger partial charge is 0.167 e. The van der Waals surface area contributed by atoms with E-state index in [0.29, 0.717) is 41.8 Å². The maximum absolute atomic E-state index is 14.2. The molecule has 286 valence electrons. The van der Waals surface area contributed by atoms with E-state index in [2.05, 4.69) is 0 Å². The first-order valence-electron chi connectivity index (χ1n) is 18.3. The van der Waals surface area contributed by atoms with Crippen molar-refractivity contribution < 1.29 is 42.7 Å². The van der Waals surface area contributed by atoms with Crippen molar-refractivity contribution in [3.05, 3.63) is 166 Å². The monoisotopic (exact) mass is 752 g/mol. The summed E-state index contributed by atoms with van der Waals surface area (Å²) in [6, 6.07) is 40.4. The average molecular weight is 753 g/mol. The van der Waals surface area contributed by atoms with Gasteiger partial charge in [0.15, 0.2) is 5.78 Å². The lowest BCUT2D eigenvalue weighted by Gasteiger charge is -2.21. The number of carbonyl (C=O) groups excluding carboxylic acids is 1. The minimum atomic E-state index is -0.414. The van der Waals surface area contributed by atoms with Gasteiger partial charge in [-0.25, -0.2) is 0 Å². The second-order valence-electron chi connectivity index (χ2n) is 13.3. The van der Waals surface area contributed by atoms with Crippen molar-refractivity contribution in [3.8, 4) is 46.0 Å². The van der Waals surface area contributed by atoms with Crippen LogP contribution in [0.3, 0.4) is 0 Å². The van der Waals surface area contributed by atoms with Gasteiger partial charge < -0.3 is 37.9 Å². The number of benzene rings is 6. The Morgan fingerprint density at radius 1 is 0.429 bits per heavy atom. The second kappa shape index (κ2) is 17.7. The van der Waals surface area contributed by atoms with Crippen molar-refractivity contribution in [1.82, 2.24) is 0 Å². The van der Waals surface area contributed by atoms with Crippen molar-refractivity contribution in [2.24, 2.45) is 0 Å². The largest absolute Gasteiger partial charge is 0.497 e. The zero-order valence-electron chi connectivity index (χ0n) is 31.9. The highest BCUT2D eigenvalue weighted by atomic mass is 16.5. The van der Waals surface area contributed by atoms with E-state index in [1.807, 2.05) is 127 Å². The maximum atomic E-state index is 14.2. The molecule has 0 spiro atoms. The molecule has 0 amide bonds. The highest BCUT2D eigenvalue weighted by molar-refractivity contribution is 6.05. The summed E-state index contributed by atoms with van der Waals surface area (Å²) in [4.78, 5) is 14.2. The third-order valence-corrected chi connectivity index (χ3v) is 9.77. The molecule has 0 N–H and O–H groups in total. The summed E-state index contributed by atoms with van der Waals surface area (Å²) in [5.74, 6) is 4.95. The number of carbonyl (C=O) groups is 1. The lowest BCUT2D eigenvalue weighted by atomic mass is 9.91. The number of rotatable bonds is 17. The van der Waals surface area contributed by atoms with Crippen LogP contribution in [0.1, 0.15) is 56.1 Å². The van der Waals surface area contributed by atoms with Gasteiger partial charge in [0.05, 0.1) is 34.0 Å². The molecule has 0 saturated carbocycles. The number of hydrogen-bond donors (Lipinski definition) is 0. The summed E-state index contributed by atoms with van der Waals surface area (Å²) in [7, 11) is 6.55. The first-order valence-corrected chi connectivity index (χ1v) is 18.3. The lowest BCUT2D eigenvalue weighted by molar-refractivity contribution is 0.0987. The van der Waals surface area contributed by atoms with E-state index >= 15 is 0 Å². The Morgan fingerprint density at radius 2 is 0.786 bits per heavy atom. The molecule has 6 aromatic carbocycles. The summed E-state index contributed by atoms with van der Waals surface area (Å²) >= 11 is 0. The van der Waals surface area contributed by atoms with Gasteiger partial charge in [-0.2, -0.15) is 0 Å². The number of methoxy groups -OCH3 is 4. The van der Waals surface area contributed by atoms with Gasteiger partial charge in [-0.05, 0) is 101 Å². The fraction of sp³-hybridized carbons (Fsp3) is 0.213. The molecule has 1 unspecified atom stereocenters. The quantitative estimate of drug-likeness (QED) is 0.0903. The van der Waals surface area contributed by atoms with Gasteiger partial charge in [0, 0.05) is 23.5 Å². The number of fused-ring (bicyclic) bond motifs is 1. The van der Waals surface area contributed by atoms with Crippen LogP contribution in [0.5, 0.6) is 46.0 Å². The van der Waals surface area contributed by atoms with E-state index in [1.54, 1.807) is 28.4 Å². The zero-order valence-corrected chi connectivity index (χ0v) is 31.9. The van der Waals surface area contributed by atoms with E-state index in [9.17, 15) is 4.79 Å². The molecule has 9 heteroatoms. The van der Waals surface area contributed by atoms with Crippen molar-refractivity contribution in [2.45, 2.75) is 38.8 Å². The summed E-state index contributed by atoms with van der Waals surface area (Å²) < 4.78 is 47.1. The Morgan fingerprint density at radius 3 is 1.23 bits per heavy atom. The summed E-state index contributed by atoms with van der Waals surface area (Å²) in [6.07, 6.45) is 0.192. The summed E-state index contributed by atoms with van der Waals surface area (Å²) in [5.41, 5.74) is 5.91. The molecule has 1 aliphatic rings. The van der Waals surface area contributed by atoms with Gasteiger partial charge in [-0.1, -0.05) is 48.5 Å². The molecule has 0 aromatic heterocycles. The van der Waals surface area contributed by atoms with Crippen LogP contribution in [0.25, 0.3) is 0 Å². The molecule has 0 radical (unpaired) electrons. The fourth-order valence-electron chi connectivity index (χ4n) is 6.67. The second-order valence-corrected chi connectivity index (χ2v) is 13.3. The number of ketones is 1. The van der Waals surface area contributed by atoms with Crippen LogP contribution in [0.15, 0.2) is 127 Å². The molecule has 0 fully saturated rings. The summed E-state index contributed by atoms with van der Waals surface area (Å²) in [6.45, 7) is 1.21. The van der Waals surface area contributed by atoms with Crippen molar-refractivity contribution in [1.29, 1.82) is 0 Å². The zero-order chi connectivity index (χ0) is 38.9. The van der Waals surface area contributed by atoms with Crippen LogP contribution in [0.4, 0.5) is 0 Å². The SMILES string of the molecule is COc1ccc(COc2ccc(OCc3ccc(OC)cc3)c(C3CC(=O)c4c(OCc5ccc(OC)cc5)ccc(OCc5ccc(OC)cc5)c43)c2)cc1. The Labute approximate surface area is 327 Å². The average Bonchev–Trinajstić information content (AvgIpc) is 3.61. The van der Waals surface area contributed by atoms with Gasteiger partial charge in [0.25, 0.3) is 0 Å². The van der Waals surface area contributed by atoms with Crippen LogP contribution in [-0.4, -0.2) is 34.2 Å². The minimum absolute atomic E-state index is 0.0460. The Balaban J connectivity index is 1.25. The standard InChI is InChI=1S/C47H44O9/c1-49-35-13-5-31(6-14-35)27-53-39-21-22-43(54-28-32-7-15-36(50-2)16-8-32)40(25-39)41-26-42(48)47-45(56-30-34-11-19-38(52-4)20-12-34)24-23-44(46(41)47)55-29-33-9-17-37(51-3)18-10-33/h5-25,41H,26-30H2,1-4H3. The number of Topliss-reactive ketones (excluding diaryl/α,β-unsaturated/α-hetero) is 1. The molecule has 7 rings (SSSR count). The molecule has 56 heavy (non-hydrogen) atoms. The highest BCUT2D eigenvalue weighted by Crippen LogP contribution is 2.50. The van der Waals surface area contributed by atoms with Crippen molar-refractivity contribution in [3.63, 3.8) is 0 Å². The topological polar surface area (TPSA) is 90.9 Å². The molecule has 1 atom stereocenters. The predicted molar refractivity (Wildman–Crippen MR) is 213 cm³/mol. The van der Waals surface area contributed by atoms with Gasteiger partial charge in [-0.3, -0.25) is 4.79 Å². The Bertz CT molecular complexity index is 2230. The van der Waals surface area contributed by atoms with Crippen LogP contribution in [0.2, 0.25) is 0 Å². The first kappa shape index (κ1) is 37.7. The fourth-order valence-corrected chi connectivity index (χ4v) is 6.67. The molecule has 0 aliphatic heterocycles. The maximum Gasteiger partial charge on any atom is 0.167 e. The van der Waals surface area contributed by atoms with Gasteiger partial charge in [-0.15, -0.1) is 0 Å². The van der Waals surface area contributed by atoms with Crippen molar-refractivity contribution >= 4 is 5.78 Å². The third kappa shape index (κ3) is 8.84. The van der Waals surface area contributed by atoms with Gasteiger partial charge in [0.1, 0.15) is 72.4 Å². The van der Waals surface area contributed by atoms with E-state index in [1.165, 1.54) is 0 Å². The van der Waals surface area contributed by atoms with E-state index < -0.39 is 5.92 Å². The number of hydrogen-bond acceptors (Lipinski definition) is 9. The van der Waals surface area contributed by atoms with Crippen LogP contribution >= 0.6 is 0 Å². The van der Waals surface area contributed by atoms with E-state index in [-0.39, 0.29) is 25.4 Å². The van der Waals surface area contributed by atoms with Gasteiger partial charge >= 0.3 is 0 Å². The van der Waals surface area contributed by atoms with Crippen LogP contribution < -0.4 is 37.9 Å².